The molecule has 2 heterocycles. The van der Waals surface area contributed by atoms with Crippen LogP contribution in [0.25, 0.3) is 11.0 Å². The van der Waals surface area contributed by atoms with Gasteiger partial charge in [-0.3, -0.25) is 0 Å². The van der Waals surface area contributed by atoms with Gasteiger partial charge in [0.2, 0.25) is 0 Å². The minimum Gasteiger partial charge on any atom is -0.493 e. The molecular weight excluding hydrogens is 274 g/mol. The van der Waals surface area contributed by atoms with Crippen molar-refractivity contribution in [3.63, 3.8) is 0 Å². The normalized spacial score (nSPS) is 12.6. The second-order valence-electron chi connectivity index (χ2n) is 4.34. The van der Waals surface area contributed by atoms with Gasteiger partial charge in [-0.15, -0.1) is 11.3 Å². The number of methoxy groups -OCH3 is 2. The molecule has 3 N–H and O–H groups in total. The molecule has 104 valence electrons. The van der Waals surface area contributed by atoms with Crippen molar-refractivity contribution in [2.24, 2.45) is 5.73 Å². The van der Waals surface area contributed by atoms with Crippen LogP contribution >= 0.6 is 11.3 Å². The second kappa shape index (κ2) is 5.15. The molecule has 20 heavy (non-hydrogen) atoms. The molecule has 0 spiro atoms. The van der Waals surface area contributed by atoms with Gasteiger partial charge in [-0.25, -0.2) is 4.98 Å². The van der Waals surface area contributed by atoms with Gasteiger partial charge < -0.3 is 20.2 Å². The Bertz CT molecular complexity index is 680. The van der Waals surface area contributed by atoms with E-state index in [9.17, 15) is 0 Å². The summed E-state index contributed by atoms with van der Waals surface area (Å²) in [5, 5.41) is 2.00. The number of aromatic amines is 1. The van der Waals surface area contributed by atoms with Crippen LogP contribution in [-0.2, 0) is 0 Å². The molecule has 3 rings (SSSR count). The quantitative estimate of drug-likeness (QED) is 0.774. The molecule has 3 aromatic rings. The van der Waals surface area contributed by atoms with Crippen molar-refractivity contribution in [3.05, 3.63) is 40.3 Å². The van der Waals surface area contributed by atoms with Gasteiger partial charge >= 0.3 is 0 Å². The largest absolute Gasteiger partial charge is 0.493 e. The lowest BCUT2D eigenvalue weighted by Gasteiger charge is -2.06. The first-order chi connectivity index (χ1) is 9.72. The van der Waals surface area contributed by atoms with Gasteiger partial charge in [0.25, 0.3) is 0 Å². The van der Waals surface area contributed by atoms with Gasteiger partial charge in [0.05, 0.1) is 31.3 Å². The zero-order chi connectivity index (χ0) is 14.1. The first-order valence-electron chi connectivity index (χ1n) is 6.13. The fraction of sp³-hybridized carbons (Fsp3) is 0.214. The fourth-order valence-corrected chi connectivity index (χ4v) is 2.84. The summed E-state index contributed by atoms with van der Waals surface area (Å²) in [5.41, 5.74) is 7.91. The van der Waals surface area contributed by atoms with Crippen molar-refractivity contribution in [1.29, 1.82) is 0 Å². The molecule has 0 saturated heterocycles. The number of thiophene rings is 1. The van der Waals surface area contributed by atoms with Gasteiger partial charge in [-0.2, -0.15) is 0 Å². The van der Waals surface area contributed by atoms with Crippen molar-refractivity contribution >= 4 is 22.4 Å². The maximum Gasteiger partial charge on any atom is 0.163 e. The van der Waals surface area contributed by atoms with Gasteiger partial charge in [0, 0.05) is 17.0 Å². The molecule has 1 aromatic carbocycles. The van der Waals surface area contributed by atoms with Crippen LogP contribution in [0.5, 0.6) is 11.5 Å². The molecule has 2 aromatic heterocycles. The Labute approximate surface area is 120 Å². The number of benzene rings is 1. The fourth-order valence-electron chi connectivity index (χ4n) is 2.11. The maximum absolute atomic E-state index is 6.22. The summed E-state index contributed by atoms with van der Waals surface area (Å²) in [6.07, 6.45) is 0. The predicted molar refractivity (Wildman–Crippen MR) is 79.5 cm³/mol. The molecule has 0 aliphatic rings. The average Bonchev–Trinajstić information content (AvgIpc) is 3.13. The van der Waals surface area contributed by atoms with E-state index in [2.05, 4.69) is 9.97 Å². The maximum atomic E-state index is 6.22. The highest BCUT2D eigenvalue weighted by Gasteiger charge is 2.16. The summed E-state index contributed by atoms with van der Waals surface area (Å²) in [6, 6.07) is 7.44. The summed E-state index contributed by atoms with van der Waals surface area (Å²) in [6.45, 7) is 0. The molecule has 6 heteroatoms. The van der Waals surface area contributed by atoms with Crippen molar-refractivity contribution in [2.45, 2.75) is 6.04 Å². The zero-order valence-electron chi connectivity index (χ0n) is 11.2. The first kappa shape index (κ1) is 13.0. The molecule has 1 unspecified atom stereocenters. The third kappa shape index (κ3) is 2.13. The molecule has 0 amide bonds. The number of nitrogens with two attached hydrogens (primary N) is 1. The van der Waals surface area contributed by atoms with E-state index in [4.69, 9.17) is 15.2 Å². The van der Waals surface area contributed by atoms with Gasteiger partial charge in [0.15, 0.2) is 11.5 Å². The third-order valence-corrected chi connectivity index (χ3v) is 4.11. The van der Waals surface area contributed by atoms with Crippen LogP contribution in [0.2, 0.25) is 0 Å². The van der Waals surface area contributed by atoms with Crippen LogP contribution in [0, 0.1) is 0 Å². The molecule has 0 bridgehead atoms. The van der Waals surface area contributed by atoms with Crippen molar-refractivity contribution in [1.82, 2.24) is 9.97 Å². The number of H-pyrrole nitrogens is 1. The molecule has 0 aliphatic heterocycles. The Balaban J connectivity index is 2.06. The van der Waals surface area contributed by atoms with Crippen molar-refractivity contribution < 1.29 is 9.47 Å². The molecule has 0 fully saturated rings. The van der Waals surface area contributed by atoms with E-state index >= 15 is 0 Å². The first-order valence-corrected chi connectivity index (χ1v) is 7.01. The SMILES string of the molecule is COc1cc2nc(C(N)c3cccs3)[nH]c2cc1OC. The van der Waals surface area contributed by atoms with Crippen LogP contribution in [0.3, 0.4) is 0 Å². The molecule has 5 nitrogen and oxygen atoms in total. The predicted octanol–water partition coefficient (Wildman–Crippen LogP) is 2.69. The summed E-state index contributed by atoms with van der Waals surface area (Å²) in [5.74, 6) is 2.06. The Morgan fingerprint density at radius 3 is 2.65 bits per heavy atom. The van der Waals surface area contributed by atoms with Crippen LogP contribution in [0.15, 0.2) is 29.6 Å². The van der Waals surface area contributed by atoms with Crippen molar-refractivity contribution in [2.75, 3.05) is 14.2 Å². The summed E-state index contributed by atoms with van der Waals surface area (Å²) < 4.78 is 10.6. The highest BCUT2D eigenvalue weighted by Crippen LogP contribution is 2.32. The number of aromatic nitrogens is 2. The van der Waals surface area contributed by atoms with Crippen LogP contribution in [-0.4, -0.2) is 24.2 Å². The number of ether oxygens (including phenoxy) is 2. The Hall–Kier alpha value is -2.05. The molecule has 0 saturated carbocycles. The Morgan fingerprint density at radius 1 is 1.25 bits per heavy atom. The molecule has 0 aliphatic carbocycles. The number of nitrogens with one attached hydrogen (secondary N) is 1. The third-order valence-electron chi connectivity index (χ3n) is 3.15. The standard InChI is InChI=1S/C14H15N3O2S/c1-18-10-6-8-9(7-11(10)19-2)17-14(16-8)13(15)12-4-3-5-20-12/h3-7,13H,15H2,1-2H3,(H,16,17). The number of rotatable bonds is 4. The molecular formula is C14H15N3O2S. The van der Waals surface area contributed by atoms with Gasteiger partial charge in [-0.05, 0) is 11.4 Å². The minimum absolute atomic E-state index is 0.251. The van der Waals surface area contributed by atoms with E-state index < -0.39 is 0 Å². The van der Waals surface area contributed by atoms with E-state index in [0.29, 0.717) is 11.5 Å². The number of fused-ring (bicyclic) bond motifs is 1. The lowest BCUT2D eigenvalue weighted by atomic mass is 10.2. The molecule has 0 radical (unpaired) electrons. The van der Waals surface area contributed by atoms with Crippen LogP contribution in [0.4, 0.5) is 0 Å². The van der Waals surface area contributed by atoms with E-state index in [1.807, 2.05) is 29.6 Å². The van der Waals surface area contributed by atoms with E-state index in [0.717, 1.165) is 21.7 Å². The van der Waals surface area contributed by atoms with Crippen LogP contribution < -0.4 is 15.2 Å². The lowest BCUT2D eigenvalue weighted by Crippen LogP contribution is -2.11. The molecule has 1 atom stereocenters. The van der Waals surface area contributed by atoms with Gasteiger partial charge in [0.1, 0.15) is 5.82 Å². The van der Waals surface area contributed by atoms with E-state index in [1.165, 1.54) is 0 Å². The summed E-state index contributed by atoms with van der Waals surface area (Å²) >= 11 is 1.62. The van der Waals surface area contributed by atoms with Crippen molar-refractivity contribution in [3.8, 4) is 11.5 Å². The monoisotopic (exact) mass is 289 g/mol. The summed E-state index contributed by atoms with van der Waals surface area (Å²) in [4.78, 5) is 8.86. The van der Waals surface area contributed by atoms with E-state index in [1.54, 1.807) is 25.6 Å². The Morgan fingerprint density at radius 2 is 2.00 bits per heavy atom. The minimum atomic E-state index is -0.251. The van der Waals surface area contributed by atoms with Crippen LogP contribution in [0.1, 0.15) is 16.7 Å². The highest BCUT2D eigenvalue weighted by molar-refractivity contribution is 7.10. The second-order valence-corrected chi connectivity index (χ2v) is 5.32. The smallest absolute Gasteiger partial charge is 0.163 e. The zero-order valence-corrected chi connectivity index (χ0v) is 12.0. The number of hydrogen-bond donors (Lipinski definition) is 2. The highest BCUT2D eigenvalue weighted by atomic mass is 32.1. The summed E-state index contributed by atoms with van der Waals surface area (Å²) in [7, 11) is 3.22. The van der Waals surface area contributed by atoms with E-state index in [-0.39, 0.29) is 6.04 Å². The number of imidazole rings is 1. The average molecular weight is 289 g/mol. The number of hydrogen-bond acceptors (Lipinski definition) is 5. The number of nitrogens with zero attached hydrogens (tertiary/aromatic N) is 1. The van der Waals surface area contributed by atoms with Gasteiger partial charge in [-0.1, -0.05) is 6.07 Å². The topological polar surface area (TPSA) is 73.2 Å². The Kier molecular flexibility index (Phi) is 3.33. The lowest BCUT2D eigenvalue weighted by molar-refractivity contribution is 0.356.